The summed E-state index contributed by atoms with van der Waals surface area (Å²) in [7, 11) is -3.72. The summed E-state index contributed by atoms with van der Waals surface area (Å²) >= 11 is 1.87. The van der Waals surface area contributed by atoms with Crippen molar-refractivity contribution in [1.82, 2.24) is 24.9 Å². The number of guanidine groups is 1. The number of nitrogens with zero attached hydrogens (tertiary/aromatic N) is 4. The average molecular weight is 743 g/mol. The van der Waals surface area contributed by atoms with Crippen LogP contribution >= 0.6 is 22.6 Å². The topological polar surface area (TPSA) is 191 Å². The number of carbonyl (C=O) groups excluding carboxylic acids is 1. The van der Waals surface area contributed by atoms with Gasteiger partial charge in [-0.25, -0.2) is 18.4 Å². The quantitative estimate of drug-likeness (QED) is 0.205. The SMILES string of the molecule is Cc1oc(-c2ccccc2)cc1COc1ccc(S(=O)(=O)N2CCC3(CC2)CN=C(NC(=O)c2nc(I)c(N)nc2N)N3)cc1. The Morgan fingerprint density at radius 1 is 1.09 bits per heavy atom. The van der Waals surface area contributed by atoms with Gasteiger partial charge in [0.05, 0.1) is 17.0 Å². The zero-order valence-electron chi connectivity index (χ0n) is 24.3. The average Bonchev–Trinajstić information content (AvgIpc) is 3.61. The molecule has 15 heteroatoms. The third-order valence-electron chi connectivity index (χ3n) is 7.89. The molecule has 0 saturated carbocycles. The Morgan fingerprint density at radius 3 is 2.51 bits per heavy atom. The van der Waals surface area contributed by atoms with E-state index in [1.54, 1.807) is 24.3 Å². The van der Waals surface area contributed by atoms with Gasteiger partial charge >= 0.3 is 0 Å². The summed E-state index contributed by atoms with van der Waals surface area (Å²) < 4.78 is 40.6. The maximum atomic E-state index is 13.4. The summed E-state index contributed by atoms with van der Waals surface area (Å²) in [6.07, 6.45) is 1.01. The molecule has 2 aromatic heterocycles. The maximum absolute atomic E-state index is 13.4. The fraction of sp³-hybridized carbons (Fsp3) is 0.267. The van der Waals surface area contributed by atoms with E-state index >= 15 is 0 Å². The first-order chi connectivity index (χ1) is 21.5. The molecular formula is C30H31IN8O5S. The lowest BCUT2D eigenvalue weighted by Crippen LogP contribution is -2.56. The van der Waals surface area contributed by atoms with Crippen LogP contribution in [0.4, 0.5) is 11.6 Å². The van der Waals surface area contributed by atoms with Crippen LogP contribution in [0.5, 0.6) is 5.75 Å². The number of rotatable bonds is 7. The number of anilines is 2. The molecule has 0 aliphatic carbocycles. The number of amides is 1. The van der Waals surface area contributed by atoms with E-state index in [4.69, 9.17) is 20.6 Å². The van der Waals surface area contributed by atoms with Gasteiger partial charge in [0.25, 0.3) is 5.91 Å². The Balaban J connectivity index is 1.02. The number of sulfonamides is 1. The van der Waals surface area contributed by atoms with E-state index < -0.39 is 21.5 Å². The van der Waals surface area contributed by atoms with Crippen molar-refractivity contribution in [3.8, 4) is 17.1 Å². The highest BCUT2D eigenvalue weighted by Crippen LogP contribution is 2.31. The molecule has 6 rings (SSSR count). The van der Waals surface area contributed by atoms with Crippen molar-refractivity contribution in [2.75, 3.05) is 31.1 Å². The molecule has 1 amide bonds. The largest absolute Gasteiger partial charge is 0.489 e. The Kier molecular flexibility index (Phi) is 8.41. The molecule has 1 saturated heterocycles. The van der Waals surface area contributed by atoms with Gasteiger partial charge in [0.2, 0.25) is 10.0 Å². The van der Waals surface area contributed by atoms with Gasteiger partial charge in [-0.05, 0) is 72.7 Å². The van der Waals surface area contributed by atoms with E-state index in [1.807, 2.05) is 65.9 Å². The number of hydrogen-bond donors (Lipinski definition) is 4. The number of hydrogen-bond acceptors (Lipinski definition) is 11. The van der Waals surface area contributed by atoms with E-state index in [9.17, 15) is 13.2 Å². The lowest BCUT2D eigenvalue weighted by Gasteiger charge is -2.38. The summed E-state index contributed by atoms with van der Waals surface area (Å²) in [5.74, 6) is 1.86. The van der Waals surface area contributed by atoms with Gasteiger partial charge in [-0.15, -0.1) is 0 Å². The van der Waals surface area contributed by atoms with Crippen LogP contribution in [0.2, 0.25) is 0 Å². The second-order valence-electron chi connectivity index (χ2n) is 10.9. The first-order valence-corrected chi connectivity index (χ1v) is 16.7. The Labute approximate surface area is 273 Å². The predicted octanol–water partition coefficient (Wildman–Crippen LogP) is 3.31. The van der Waals surface area contributed by atoms with Crippen LogP contribution in [0, 0.1) is 10.6 Å². The fourth-order valence-corrected chi connectivity index (χ4v) is 7.07. The number of nitrogens with one attached hydrogen (secondary N) is 2. The molecule has 1 spiro atoms. The number of nitrogens with two attached hydrogens (primary N) is 2. The summed E-state index contributed by atoms with van der Waals surface area (Å²) in [4.78, 5) is 25.4. The molecule has 0 radical (unpaired) electrons. The highest BCUT2D eigenvalue weighted by atomic mass is 127. The summed E-state index contributed by atoms with van der Waals surface area (Å²) in [6, 6.07) is 18.2. The van der Waals surface area contributed by atoms with Crippen LogP contribution in [-0.2, 0) is 16.6 Å². The summed E-state index contributed by atoms with van der Waals surface area (Å²) in [6.45, 7) is 3.16. The van der Waals surface area contributed by atoms with Gasteiger partial charge in [-0.1, -0.05) is 30.3 Å². The number of aromatic nitrogens is 2. The number of piperidine rings is 1. The van der Waals surface area contributed by atoms with E-state index in [0.29, 0.717) is 48.5 Å². The summed E-state index contributed by atoms with van der Waals surface area (Å²) in [5.41, 5.74) is 12.9. The molecule has 0 bridgehead atoms. The van der Waals surface area contributed by atoms with Crippen LogP contribution in [-0.4, -0.2) is 59.7 Å². The number of halogens is 1. The molecule has 4 aromatic rings. The van der Waals surface area contributed by atoms with Gasteiger partial charge in [-0.3, -0.25) is 15.1 Å². The Hall–Kier alpha value is -4.22. The van der Waals surface area contributed by atoms with Gasteiger partial charge < -0.3 is 25.9 Å². The maximum Gasteiger partial charge on any atom is 0.280 e. The van der Waals surface area contributed by atoms with Crippen LogP contribution in [0.15, 0.2) is 75.0 Å². The Bertz CT molecular complexity index is 1870. The number of carbonyl (C=O) groups is 1. The Morgan fingerprint density at radius 2 is 1.80 bits per heavy atom. The van der Waals surface area contributed by atoms with E-state index in [2.05, 4.69) is 25.6 Å². The standard InChI is InChI=1S/C30H31IN8O5S/c1-18-20(15-23(44-18)19-5-3-2-4-6-19)16-43-21-7-9-22(10-8-21)45(41,42)39-13-11-30(12-14-39)17-34-29(38-30)37-28(40)24-26(32)36-27(33)25(31)35-24/h2-10,15H,11-14,16-17H2,1H3,(H4,32,33,36)(H2,34,37,38,40). The first kappa shape index (κ1) is 30.8. The molecule has 2 aliphatic heterocycles. The second kappa shape index (κ2) is 12.3. The smallest absolute Gasteiger partial charge is 0.280 e. The zero-order valence-corrected chi connectivity index (χ0v) is 27.3. The first-order valence-electron chi connectivity index (χ1n) is 14.1. The van der Waals surface area contributed by atoms with Crippen molar-refractivity contribution >= 4 is 56.1 Å². The number of furan rings is 1. The highest BCUT2D eigenvalue weighted by Gasteiger charge is 2.42. The minimum absolute atomic E-state index is 0.0508. The number of aryl methyl sites for hydroxylation is 1. The molecule has 45 heavy (non-hydrogen) atoms. The normalized spacial score (nSPS) is 16.3. The highest BCUT2D eigenvalue weighted by molar-refractivity contribution is 14.1. The van der Waals surface area contributed by atoms with Crippen molar-refractivity contribution in [1.29, 1.82) is 0 Å². The molecule has 1 fully saturated rings. The number of aliphatic imine (C=N–C) groups is 1. The molecule has 6 N–H and O–H groups in total. The number of benzene rings is 2. The molecule has 2 aliphatic rings. The fourth-order valence-electron chi connectivity index (χ4n) is 5.27. The lowest BCUT2D eigenvalue weighted by molar-refractivity contribution is 0.0971. The predicted molar refractivity (Wildman–Crippen MR) is 177 cm³/mol. The van der Waals surface area contributed by atoms with E-state index in [0.717, 1.165) is 22.6 Å². The van der Waals surface area contributed by atoms with Gasteiger partial charge in [0.1, 0.15) is 27.6 Å². The van der Waals surface area contributed by atoms with Crippen molar-refractivity contribution in [2.45, 2.75) is 36.8 Å². The molecule has 2 aromatic carbocycles. The third-order valence-corrected chi connectivity index (χ3v) is 10.6. The van der Waals surface area contributed by atoms with Crippen LogP contribution < -0.4 is 26.8 Å². The minimum atomic E-state index is -3.72. The lowest BCUT2D eigenvalue weighted by atomic mass is 9.89. The number of nitrogen functional groups attached to an aromatic ring is 2. The minimum Gasteiger partial charge on any atom is -0.489 e. The van der Waals surface area contributed by atoms with Crippen LogP contribution in [0.3, 0.4) is 0 Å². The van der Waals surface area contributed by atoms with Gasteiger partial charge in [0, 0.05) is 24.2 Å². The van der Waals surface area contributed by atoms with Crippen LogP contribution in [0.1, 0.15) is 34.7 Å². The van der Waals surface area contributed by atoms with Crippen molar-refractivity contribution in [3.05, 3.63) is 81.4 Å². The van der Waals surface area contributed by atoms with E-state index in [-0.39, 0.29) is 28.2 Å². The molecular weight excluding hydrogens is 711 g/mol. The van der Waals surface area contributed by atoms with Crippen molar-refractivity contribution in [2.24, 2.45) is 4.99 Å². The van der Waals surface area contributed by atoms with Gasteiger partial charge in [0.15, 0.2) is 23.3 Å². The molecule has 0 atom stereocenters. The molecule has 0 unspecified atom stereocenters. The van der Waals surface area contributed by atoms with Crippen LogP contribution in [0.25, 0.3) is 11.3 Å². The summed E-state index contributed by atoms with van der Waals surface area (Å²) in [5, 5.41) is 5.96. The van der Waals surface area contributed by atoms with Gasteiger partial charge in [-0.2, -0.15) is 4.31 Å². The van der Waals surface area contributed by atoms with E-state index in [1.165, 1.54) is 4.31 Å². The second-order valence-corrected chi connectivity index (χ2v) is 13.8. The van der Waals surface area contributed by atoms with Crippen molar-refractivity contribution < 1.29 is 22.4 Å². The third kappa shape index (κ3) is 6.46. The number of ether oxygens (including phenoxy) is 1. The monoisotopic (exact) mass is 742 g/mol. The molecule has 4 heterocycles. The van der Waals surface area contributed by atoms with Crippen molar-refractivity contribution in [3.63, 3.8) is 0 Å². The zero-order chi connectivity index (χ0) is 31.8. The molecule has 234 valence electrons. The molecule has 13 nitrogen and oxygen atoms in total.